The van der Waals surface area contributed by atoms with Gasteiger partial charge in [0.1, 0.15) is 5.82 Å². The van der Waals surface area contributed by atoms with E-state index in [-0.39, 0.29) is 5.91 Å². The topological polar surface area (TPSA) is 70.7 Å². The molecule has 2 aromatic heterocycles. The maximum Gasteiger partial charge on any atom is 0.255 e. The van der Waals surface area contributed by atoms with Crippen molar-refractivity contribution in [1.82, 2.24) is 15.0 Å². The molecule has 0 aliphatic rings. The molecule has 5 nitrogen and oxygen atoms in total. The van der Waals surface area contributed by atoms with Crippen molar-refractivity contribution in [1.29, 1.82) is 0 Å². The number of nitrogens with zero attached hydrogens (tertiary/aromatic N) is 2. The van der Waals surface area contributed by atoms with Crippen LogP contribution in [0.3, 0.4) is 0 Å². The van der Waals surface area contributed by atoms with Crippen LogP contribution in [0.4, 0.5) is 5.69 Å². The number of nitrogens with one attached hydrogen (secondary N) is 2. The second-order valence-corrected chi connectivity index (χ2v) is 7.20. The standard InChI is InChI=1S/C21H18N4OS/c1-2-27-19-13-14(11-12-22-19)21(26)25-16-8-4-3-7-15(16)20-23-17-9-5-6-10-18(17)24-20/h3-13H,2H2,1H3,(H,23,24)(H,25,26). The Hall–Kier alpha value is -3.12. The third-order valence-corrected chi connectivity index (χ3v) is 4.92. The molecule has 2 heterocycles. The van der Waals surface area contributed by atoms with Gasteiger partial charge in [-0.15, -0.1) is 11.8 Å². The second-order valence-electron chi connectivity index (χ2n) is 5.92. The lowest BCUT2D eigenvalue weighted by Crippen LogP contribution is -2.13. The fourth-order valence-electron chi connectivity index (χ4n) is 2.85. The number of thioether (sulfide) groups is 1. The van der Waals surface area contributed by atoms with E-state index in [1.807, 2.05) is 54.6 Å². The van der Waals surface area contributed by atoms with Crippen molar-refractivity contribution in [2.45, 2.75) is 11.9 Å². The molecule has 1 amide bonds. The van der Waals surface area contributed by atoms with Crippen LogP contribution in [0.1, 0.15) is 17.3 Å². The van der Waals surface area contributed by atoms with Gasteiger partial charge in [0.15, 0.2) is 0 Å². The molecule has 4 aromatic rings. The Bertz CT molecular complexity index is 1070. The molecular weight excluding hydrogens is 356 g/mol. The molecule has 0 saturated carbocycles. The predicted octanol–water partition coefficient (Wildman–Crippen LogP) is 4.99. The first-order valence-corrected chi connectivity index (χ1v) is 9.67. The molecule has 0 fully saturated rings. The van der Waals surface area contributed by atoms with Gasteiger partial charge < -0.3 is 10.3 Å². The quantitative estimate of drug-likeness (QED) is 0.483. The largest absolute Gasteiger partial charge is 0.338 e. The highest BCUT2D eigenvalue weighted by Gasteiger charge is 2.13. The van der Waals surface area contributed by atoms with E-state index in [4.69, 9.17) is 0 Å². The van der Waals surface area contributed by atoms with Gasteiger partial charge in [-0.1, -0.05) is 31.2 Å². The molecule has 0 saturated heterocycles. The van der Waals surface area contributed by atoms with Crippen LogP contribution in [-0.4, -0.2) is 26.6 Å². The molecule has 0 atom stereocenters. The molecule has 0 aliphatic heterocycles. The summed E-state index contributed by atoms with van der Waals surface area (Å²) in [5.41, 5.74) is 4.00. The second kappa shape index (κ2) is 7.63. The number of pyridine rings is 1. The van der Waals surface area contributed by atoms with Gasteiger partial charge in [-0.3, -0.25) is 4.79 Å². The molecule has 6 heteroatoms. The minimum absolute atomic E-state index is 0.168. The third kappa shape index (κ3) is 3.71. The van der Waals surface area contributed by atoms with Crippen molar-refractivity contribution in [2.75, 3.05) is 11.1 Å². The summed E-state index contributed by atoms with van der Waals surface area (Å²) in [5.74, 6) is 1.47. The number of aromatic nitrogens is 3. The first-order valence-electron chi connectivity index (χ1n) is 8.69. The summed E-state index contributed by atoms with van der Waals surface area (Å²) in [6.45, 7) is 2.06. The molecular formula is C21H18N4OS. The maximum absolute atomic E-state index is 12.7. The van der Waals surface area contributed by atoms with Crippen molar-refractivity contribution in [2.24, 2.45) is 0 Å². The van der Waals surface area contributed by atoms with Crippen molar-refractivity contribution in [3.05, 3.63) is 72.4 Å². The van der Waals surface area contributed by atoms with Gasteiger partial charge in [0.05, 0.1) is 21.7 Å². The lowest BCUT2D eigenvalue weighted by Gasteiger charge is -2.10. The Labute approximate surface area is 161 Å². The summed E-state index contributed by atoms with van der Waals surface area (Å²) in [7, 11) is 0. The monoisotopic (exact) mass is 374 g/mol. The Kier molecular flexibility index (Phi) is 4.89. The molecule has 27 heavy (non-hydrogen) atoms. The number of H-pyrrole nitrogens is 1. The molecule has 4 rings (SSSR count). The fraction of sp³-hybridized carbons (Fsp3) is 0.0952. The summed E-state index contributed by atoms with van der Waals surface area (Å²) in [6.07, 6.45) is 1.66. The summed E-state index contributed by atoms with van der Waals surface area (Å²) >= 11 is 1.61. The molecule has 0 bridgehead atoms. The number of hydrogen-bond donors (Lipinski definition) is 2. The third-order valence-electron chi connectivity index (χ3n) is 4.11. The number of anilines is 1. The Morgan fingerprint density at radius 2 is 1.93 bits per heavy atom. The summed E-state index contributed by atoms with van der Waals surface area (Å²) in [5, 5.41) is 3.85. The lowest BCUT2D eigenvalue weighted by atomic mass is 10.1. The van der Waals surface area contributed by atoms with Gasteiger partial charge in [-0.25, -0.2) is 9.97 Å². The van der Waals surface area contributed by atoms with E-state index in [0.717, 1.165) is 33.2 Å². The SMILES string of the molecule is CCSc1cc(C(=O)Nc2ccccc2-c2nc3ccccc3[nH]2)ccn1. The minimum atomic E-state index is -0.168. The highest BCUT2D eigenvalue weighted by Crippen LogP contribution is 2.28. The number of fused-ring (bicyclic) bond motifs is 1. The van der Waals surface area contributed by atoms with E-state index in [1.165, 1.54) is 0 Å². The van der Waals surface area contributed by atoms with E-state index in [9.17, 15) is 4.79 Å². The molecule has 2 N–H and O–H groups in total. The van der Waals surface area contributed by atoms with Crippen LogP contribution in [-0.2, 0) is 0 Å². The van der Waals surface area contributed by atoms with Crippen LogP contribution in [0.15, 0.2) is 71.9 Å². The Morgan fingerprint density at radius 3 is 2.78 bits per heavy atom. The van der Waals surface area contributed by atoms with Gasteiger partial charge in [-0.2, -0.15) is 0 Å². The van der Waals surface area contributed by atoms with Crippen molar-refractivity contribution >= 4 is 34.4 Å². The molecule has 134 valence electrons. The van der Waals surface area contributed by atoms with E-state index in [2.05, 4.69) is 27.2 Å². The zero-order chi connectivity index (χ0) is 18.6. The van der Waals surface area contributed by atoms with E-state index >= 15 is 0 Å². The highest BCUT2D eigenvalue weighted by molar-refractivity contribution is 7.99. The first kappa shape index (κ1) is 17.3. The number of rotatable bonds is 5. The molecule has 2 aromatic carbocycles. The molecule has 0 unspecified atom stereocenters. The van der Waals surface area contributed by atoms with Crippen LogP contribution in [0.25, 0.3) is 22.4 Å². The highest BCUT2D eigenvalue weighted by atomic mass is 32.2. The van der Waals surface area contributed by atoms with Crippen LogP contribution < -0.4 is 5.32 Å². The fourth-order valence-corrected chi connectivity index (χ4v) is 3.49. The number of aromatic amines is 1. The van der Waals surface area contributed by atoms with Crippen LogP contribution in [0.5, 0.6) is 0 Å². The zero-order valence-corrected chi connectivity index (χ0v) is 15.6. The number of benzene rings is 2. The Balaban J connectivity index is 1.65. The van der Waals surface area contributed by atoms with Gasteiger partial charge >= 0.3 is 0 Å². The molecule has 0 spiro atoms. The number of carbonyl (C=O) groups excluding carboxylic acids is 1. The van der Waals surface area contributed by atoms with E-state index in [0.29, 0.717) is 11.3 Å². The molecule has 0 radical (unpaired) electrons. The average Bonchev–Trinajstić information content (AvgIpc) is 3.13. The smallest absolute Gasteiger partial charge is 0.255 e. The zero-order valence-electron chi connectivity index (χ0n) is 14.8. The van der Waals surface area contributed by atoms with Crippen LogP contribution in [0, 0.1) is 0 Å². The maximum atomic E-state index is 12.7. The number of amides is 1. The summed E-state index contributed by atoms with van der Waals surface area (Å²) < 4.78 is 0. The Morgan fingerprint density at radius 1 is 1.11 bits per heavy atom. The van der Waals surface area contributed by atoms with Gasteiger partial charge in [0, 0.05) is 17.3 Å². The van der Waals surface area contributed by atoms with Crippen molar-refractivity contribution in [3.8, 4) is 11.4 Å². The minimum Gasteiger partial charge on any atom is -0.338 e. The van der Waals surface area contributed by atoms with Crippen LogP contribution in [0.2, 0.25) is 0 Å². The summed E-state index contributed by atoms with van der Waals surface area (Å²) in [4.78, 5) is 25.0. The van der Waals surface area contributed by atoms with Gasteiger partial charge in [-0.05, 0) is 42.2 Å². The van der Waals surface area contributed by atoms with Gasteiger partial charge in [0.25, 0.3) is 5.91 Å². The predicted molar refractivity (Wildman–Crippen MR) is 110 cm³/mol. The number of carbonyl (C=O) groups is 1. The molecule has 0 aliphatic carbocycles. The summed E-state index contributed by atoms with van der Waals surface area (Å²) in [6, 6.07) is 19.0. The average molecular weight is 374 g/mol. The number of imidazole rings is 1. The van der Waals surface area contributed by atoms with E-state index < -0.39 is 0 Å². The first-order chi connectivity index (χ1) is 13.2. The number of hydrogen-bond acceptors (Lipinski definition) is 4. The van der Waals surface area contributed by atoms with E-state index in [1.54, 1.807) is 24.0 Å². The van der Waals surface area contributed by atoms with Crippen LogP contribution >= 0.6 is 11.8 Å². The van der Waals surface area contributed by atoms with Crippen molar-refractivity contribution < 1.29 is 4.79 Å². The normalized spacial score (nSPS) is 10.9. The number of para-hydroxylation sites is 3. The van der Waals surface area contributed by atoms with Crippen molar-refractivity contribution in [3.63, 3.8) is 0 Å². The lowest BCUT2D eigenvalue weighted by molar-refractivity contribution is 0.102. The van der Waals surface area contributed by atoms with Gasteiger partial charge in [0.2, 0.25) is 0 Å².